The van der Waals surface area contributed by atoms with Crippen molar-refractivity contribution in [2.24, 2.45) is 0 Å². The summed E-state index contributed by atoms with van der Waals surface area (Å²) in [5.41, 5.74) is 2.14. The maximum atomic E-state index is 8.29. The van der Waals surface area contributed by atoms with Crippen molar-refractivity contribution >= 4 is 115 Å². The van der Waals surface area contributed by atoms with Gasteiger partial charge in [0.2, 0.25) is 0 Å². The minimum Gasteiger partial charge on any atom is -0.403 e. The van der Waals surface area contributed by atoms with Crippen molar-refractivity contribution in [2.45, 2.75) is 69.4 Å². The highest BCUT2D eigenvalue weighted by Crippen LogP contribution is 2.50. The normalized spacial score (nSPS) is 30.2. The Morgan fingerprint density at radius 2 is 0.716 bits per heavy atom. The predicted molar refractivity (Wildman–Crippen MR) is 374 cm³/mol. The number of aromatic nitrogens is 3. The summed E-state index contributed by atoms with van der Waals surface area (Å²) < 4.78 is 115. The van der Waals surface area contributed by atoms with Crippen LogP contribution >= 0.6 is 0 Å². The van der Waals surface area contributed by atoms with E-state index >= 15 is 0 Å². The van der Waals surface area contributed by atoms with Crippen molar-refractivity contribution in [1.82, 2.24) is 20.3 Å². The van der Waals surface area contributed by atoms with E-state index in [1.807, 2.05) is 223 Å². The van der Waals surface area contributed by atoms with Crippen molar-refractivity contribution in [3.05, 3.63) is 296 Å². The third kappa shape index (κ3) is 11.7. The highest BCUT2D eigenvalue weighted by Gasteiger charge is 2.86. The molecule has 0 amide bonds. The van der Waals surface area contributed by atoms with Crippen molar-refractivity contribution in [3.8, 4) is 0 Å². The molecule has 2 atom stereocenters. The van der Waals surface area contributed by atoms with Crippen LogP contribution in [0.15, 0.2) is 279 Å². The number of hydrogen-bond donors (Lipinski definition) is 1. The summed E-state index contributed by atoms with van der Waals surface area (Å²) in [6, 6.07) is 88.8. The van der Waals surface area contributed by atoms with E-state index in [-0.39, 0.29) is 24.8 Å². The minimum atomic E-state index is -4.83. The second kappa shape index (κ2) is 25.1. The van der Waals surface area contributed by atoms with Crippen LogP contribution in [0.3, 0.4) is 0 Å². The van der Waals surface area contributed by atoms with Crippen LogP contribution in [0.5, 0.6) is 0 Å². The molecule has 95 heavy (non-hydrogen) atoms. The highest BCUT2D eigenvalue weighted by molar-refractivity contribution is 7.13. The first-order valence-electron chi connectivity index (χ1n) is 32.1. The number of benzene rings is 9. The molecule has 1 N–H and O–H groups in total. The zero-order valence-corrected chi connectivity index (χ0v) is 61.5. The van der Waals surface area contributed by atoms with E-state index in [0.717, 1.165) is 11.1 Å². The average molecular weight is 1420 g/mol. The third-order valence-corrected chi connectivity index (χ3v) is 53.0. The molecule has 8 heterocycles. The molecule has 0 saturated carbocycles. The lowest BCUT2D eigenvalue weighted by Gasteiger charge is -2.62. The van der Waals surface area contributed by atoms with Crippen LogP contribution in [0, 0.1) is 0 Å². The Kier molecular flexibility index (Phi) is 16.7. The van der Waals surface area contributed by atoms with E-state index in [9.17, 15) is 0 Å². The van der Waals surface area contributed by atoms with Gasteiger partial charge < -0.3 is 63.9 Å². The number of hydrogen-bond acceptors (Lipinski definition) is 17. The quantitative estimate of drug-likeness (QED) is 0.0834. The topological polar surface area (TPSA) is 172 Å². The van der Waals surface area contributed by atoms with Gasteiger partial charge in [-0.05, 0) is 43.6 Å². The Bertz CT molecular complexity index is 3950. The summed E-state index contributed by atoms with van der Waals surface area (Å²) in [6.07, 6.45) is 2.86. The first-order chi connectivity index (χ1) is 46.3. The van der Waals surface area contributed by atoms with Gasteiger partial charge in [0.25, 0.3) is 0 Å². The van der Waals surface area contributed by atoms with Gasteiger partial charge in [-0.3, -0.25) is 4.68 Å². The van der Waals surface area contributed by atoms with Crippen molar-refractivity contribution < 1.29 is 58.5 Å². The minimum absolute atomic E-state index is 0.0791. The summed E-state index contributed by atoms with van der Waals surface area (Å²) in [6.45, 7) is 7.95. The van der Waals surface area contributed by atoms with Crippen molar-refractivity contribution in [2.75, 3.05) is 6.54 Å². The molecule has 0 aliphatic carbocycles. The highest BCUT2D eigenvalue weighted by atomic mass is 28.6. The fourth-order valence-electron chi connectivity index (χ4n) is 13.5. The molecule has 27 heteroatoms. The maximum Gasteiger partial charge on any atom is 0.515 e. The predicted octanol–water partition coefficient (Wildman–Crippen LogP) is 6.84. The van der Waals surface area contributed by atoms with E-state index < -0.39 is 84.4 Å². The van der Waals surface area contributed by atoms with E-state index in [2.05, 4.69) is 85.6 Å². The van der Waals surface area contributed by atoms with Gasteiger partial charge in [0.05, 0.1) is 18.9 Å². The molecular formula is C68H70N4O14Si9. The van der Waals surface area contributed by atoms with Gasteiger partial charge in [-0.1, -0.05) is 278 Å². The average Bonchev–Trinajstić information content (AvgIpc) is 1.10. The summed E-state index contributed by atoms with van der Waals surface area (Å²) in [4.78, 5) is 0. The summed E-state index contributed by atoms with van der Waals surface area (Å²) in [5.74, 6) is 0. The number of rotatable bonds is 19. The standard InChI is InChI=1S/C68H70N4O14Si9/c1-87(2,3)74-68(56-32-13-4-14-33-56,57-34-15-5-16-35-57)67-52-59(53-69-67)73-55-58-54-72(71-70-58)50-31-51-88-75-89(60-36-17-6-18-37-60)78-92(63-42-23-9-24-43-63)80-90(76-88,61-38-19-7-20-39-61)82-94(65-46-27-11-28-47-65)83-91(77-88,62-40-21-8-22-41-62)81-93(79-89,64-44-25-10-26-45-64)85-95(84-92,86-94)66-48-29-12-30-49-66/h4-30,32-49,54,59,67,69H,31,50-53,55H2,1-3H3/t59-,67+,88?,89?,90?,91?,92?,93?,94?,95?/m1/s1. The molecule has 17 rings (SSSR count). The Balaban J connectivity index is 0.829. The van der Waals surface area contributed by atoms with Crippen LogP contribution in [0.25, 0.3) is 0 Å². The number of nitrogens with one attached hydrogen (secondary N) is 1. The van der Waals surface area contributed by atoms with Gasteiger partial charge in [-0.25, -0.2) is 0 Å². The van der Waals surface area contributed by atoms with Crippen LogP contribution in [-0.4, -0.2) is 112 Å². The van der Waals surface area contributed by atoms with Gasteiger partial charge >= 0.3 is 70.4 Å². The number of aryl methyl sites for hydroxylation is 1. The molecule has 7 fully saturated rings. The fourth-order valence-corrected chi connectivity index (χ4v) is 61.4. The molecule has 0 radical (unpaired) electrons. The first kappa shape index (κ1) is 63.2. The number of nitrogens with zero attached hydrogens (tertiary/aromatic N) is 3. The van der Waals surface area contributed by atoms with E-state index in [1.165, 1.54) is 0 Å². The molecule has 18 nitrogen and oxygen atoms in total. The molecule has 1 aromatic heterocycles. The first-order valence-corrected chi connectivity index (χ1v) is 49.5. The SMILES string of the molecule is C[Si](C)(C)OC(c1ccccc1)(c1ccccc1)[C@@H]1C[C@@H](OCc2cn(CCC[Si]34O[Si]5(c6ccccc6)O[Si]6(c7ccccc7)O[Si](c7ccccc7)(O3)O[Si]3(c7ccccc7)O[Si](c7ccccc7)(O4)O[Si](c4ccccc4)(O5)O[Si](c4ccccc4)(O6)O3)nn2)CN1. The summed E-state index contributed by atoms with van der Waals surface area (Å²) >= 11 is 0. The maximum absolute atomic E-state index is 8.29. The molecule has 7 saturated heterocycles. The molecule has 0 spiro atoms. The van der Waals surface area contributed by atoms with E-state index in [4.69, 9.17) is 68.9 Å². The zero-order chi connectivity index (χ0) is 64.3. The van der Waals surface area contributed by atoms with Crippen LogP contribution < -0.4 is 41.6 Å². The van der Waals surface area contributed by atoms with Gasteiger partial charge in [0.1, 0.15) is 11.3 Å². The van der Waals surface area contributed by atoms with Crippen molar-refractivity contribution in [3.63, 3.8) is 0 Å². The van der Waals surface area contributed by atoms with E-state index in [1.54, 1.807) is 0 Å². The van der Waals surface area contributed by atoms with Gasteiger partial charge in [-0.2, -0.15) is 0 Å². The monoisotopic (exact) mass is 1420 g/mol. The smallest absolute Gasteiger partial charge is 0.403 e. The zero-order valence-electron chi connectivity index (χ0n) is 52.5. The Hall–Kier alpha value is -6.53. The van der Waals surface area contributed by atoms with Gasteiger partial charge in [-0.15, -0.1) is 5.10 Å². The molecule has 10 aromatic rings. The second-order valence-corrected chi connectivity index (χ2v) is 53.2. The Morgan fingerprint density at radius 1 is 0.421 bits per heavy atom. The lowest BCUT2D eigenvalue weighted by molar-refractivity contribution is -0.00683. The molecule has 9 aromatic carbocycles. The molecule has 7 aliphatic rings. The molecule has 8 bridgehead atoms. The summed E-state index contributed by atoms with van der Waals surface area (Å²) in [5, 5.41) is 17.2. The molecule has 0 unspecified atom stereocenters. The molecule has 482 valence electrons. The lowest BCUT2D eigenvalue weighted by Crippen LogP contribution is -2.95. The van der Waals surface area contributed by atoms with E-state index in [0.29, 0.717) is 67.9 Å². The Morgan fingerprint density at radius 3 is 1.02 bits per heavy atom. The number of ether oxygens (including phenoxy) is 1. The molecular weight excluding hydrogens is 1350 g/mol. The van der Waals surface area contributed by atoms with Gasteiger partial charge in [0, 0.05) is 61.5 Å². The van der Waals surface area contributed by atoms with Crippen LogP contribution in [-0.2, 0) is 77.3 Å². The largest absolute Gasteiger partial charge is 0.515 e. The molecule has 7 aliphatic heterocycles. The van der Waals surface area contributed by atoms with Gasteiger partial charge in [0.15, 0.2) is 8.32 Å². The van der Waals surface area contributed by atoms with Crippen molar-refractivity contribution in [1.29, 1.82) is 0 Å². The lowest BCUT2D eigenvalue weighted by atomic mass is 9.79. The van der Waals surface area contributed by atoms with Crippen LogP contribution in [0.2, 0.25) is 25.7 Å². The fraction of sp³-hybridized carbons (Fsp3) is 0.176. The second-order valence-electron chi connectivity index (χ2n) is 25.3. The van der Waals surface area contributed by atoms with Crippen LogP contribution in [0.4, 0.5) is 0 Å². The van der Waals surface area contributed by atoms with Crippen LogP contribution in [0.1, 0.15) is 29.7 Å². The third-order valence-electron chi connectivity index (χ3n) is 17.6. The summed E-state index contributed by atoms with van der Waals surface area (Å²) in [7, 11) is -40.7. The Labute approximate surface area is 562 Å².